The molecule has 1 aliphatic carbocycles. The summed E-state index contributed by atoms with van der Waals surface area (Å²) in [6.45, 7) is 9.34. The second-order valence-corrected chi connectivity index (χ2v) is 8.65. The monoisotopic (exact) mass is 406 g/mol. The highest BCUT2D eigenvalue weighted by Gasteiger charge is 2.38. The second-order valence-electron chi connectivity index (χ2n) is 8.65. The molecule has 1 atom stereocenters. The summed E-state index contributed by atoms with van der Waals surface area (Å²) in [7, 11) is 0. The Balaban J connectivity index is 1.84. The summed E-state index contributed by atoms with van der Waals surface area (Å²) in [6.07, 6.45) is 1.37. The zero-order valence-electron chi connectivity index (χ0n) is 18.2. The Morgan fingerprint density at radius 3 is 2.40 bits per heavy atom. The van der Waals surface area contributed by atoms with E-state index in [4.69, 9.17) is 9.47 Å². The number of ether oxygens (including phenoxy) is 2. The van der Waals surface area contributed by atoms with Crippen LogP contribution in [0.1, 0.15) is 52.1 Å². The Kier molecular flexibility index (Phi) is 5.46. The maximum Gasteiger partial charge on any atom is 0.163 e. The van der Waals surface area contributed by atoms with Crippen molar-refractivity contribution in [1.82, 2.24) is 0 Å². The Labute approximate surface area is 178 Å². The van der Waals surface area contributed by atoms with Gasteiger partial charge in [0.2, 0.25) is 0 Å². The molecule has 2 N–H and O–H groups in total. The number of Topliss-reactive ketones (excluding diaryl/α,β-unsaturated/α-hetero) is 1. The summed E-state index contributed by atoms with van der Waals surface area (Å²) in [5.74, 6) is 1.61. The second kappa shape index (κ2) is 8.05. The summed E-state index contributed by atoms with van der Waals surface area (Å²) in [6, 6.07) is 13.8. The number of anilines is 2. The molecule has 5 nitrogen and oxygen atoms in total. The van der Waals surface area contributed by atoms with E-state index in [1.165, 1.54) is 0 Å². The first-order chi connectivity index (χ1) is 14.4. The van der Waals surface area contributed by atoms with Gasteiger partial charge in [0.05, 0.1) is 30.6 Å². The van der Waals surface area contributed by atoms with Crippen LogP contribution in [0.15, 0.2) is 53.7 Å². The van der Waals surface area contributed by atoms with Crippen LogP contribution in [0, 0.1) is 5.41 Å². The van der Waals surface area contributed by atoms with Crippen LogP contribution in [0.4, 0.5) is 11.4 Å². The Hall–Kier alpha value is -2.95. The van der Waals surface area contributed by atoms with E-state index < -0.39 is 0 Å². The standard InChI is InChI=1S/C25H30N2O3/c1-5-29-21-12-11-16(13-22(21)30-6-2)24-23-19(14-25(3,4)15-20(23)28)26-17-9-7-8-10-18(17)27-24/h7-13,24,26-27H,5-6,14-15H2,1-4H3. The third-order valence-electron chi connectivity index (χ3n) is 5.62. The van der Waals surface area contributed by atoms with Crippen LogP contribution in [-0.4, -0.2) is 19.0 Å². The molecule has 0 aromatic heterocycles. The fourth-order valence-electron chi connectivity index (χ4n) is 4.39. The quantitative estimate of drug-likeness (QED) is 0.666. The lowest BCUT2D eigenvalue weighted by Gasteiger charge is -2.34. The van der Waals surface area contributed by atoms with Gasteiger partial charge in [-0.15, -0.1) is 0 Å². The van der Waals surface area contributed by atoms with Crippen LogP contribution in [-0.2, 0) is 4.79 Å². The topological polar surface area (TPSA) is 59.6 Å². The highest BCUT2D eigenvalue weighted by atomic mass is 16.5. The van der Waals surface area contributed by atoms with Gasteiger partial charge in [-0.05, 0) is 55.5 Å². The predicted molar refractivity (Wildman–Crippen MR) is 120 cm³/mol. The predicted octanol–water partition coefficient (Wildman–Crippen LogP) is 5.71. The molecule has 0 amide bonds. The number of para-hydroxylation sites is 2. The molecule has 1 aliphatic heterocycles. The minimum absolute atomic E-state index is 0.0674. The van der Waals surface area contributed by atoms with Crippen molar-refractivity contribution in [3.05, 3.63) is 59.3 Å². The highest BCUT2D eigenvalue weighted by molar-refractivity contribution is 6.01. The van der Waals surface area contributed by atoms with Crippen LogP contribution in [0.3, 0.4) is 0 Å². The molecule has 30 heavy (non-hydrogen) atoms. The lowest BCUT2D eigenvalue weighted by Crippen LogP contribution is -2.31. The summed E-state index contributed by atoms with van der Waals surface area (Å²) in [5, 5.41) is 7.17. The van der Waals surface area contributed by atoms with Crippen LogP contribution >= 0.6 is 0 Å². The number of nitrogens with one attached hydrogen (secondary N) is 2. The van der Waals surface area contributed by atoms with Crippen molar-refractivity contribution in [2.75, 3.05) is 23.8 Å². The molecule has 5 heteroatoms. The van der Waals surface area contributed by atoms with Gasteiger partial charge in [0, 0.05) is 17.7 Å². The highest BCUT2D eigenvalue weighted by Crippen LogP contribution is 2.46. The van der Waals surface area contributed by atoms with Crippen molar-refractivity contribution < 1.29 is 14.3 Å². The Morgan fingerprint density at radius 1 is 0.967 bits per heavy atom. The van der Waals surface area contributed by atoms with E-state index in [-0.39, 0.29) is 17.2 Å². The van der Waals surface area contributed by atoms with Gasteiger partial charge in [-0.25, -0.2) is 0 Å². The summed E-state index contributed by atoms with van der Waals surface area (Å²) >= 11 is 0. The molecule has 158 valence electrons. The maximum atomic E-state index is 13.3. The summed E-state index contributed by atoms with van der Waals surface area (Å²) in [4.78, 5) is 13.3. The van der Waals surface area contributed by atoms with Crippen molar-refractivity contribution in [2.24, 2.45) is 5.41 Å². The third kappa shape index (κ3) is 3.89. The van der Waals surface area contributed by atoms with E-state index >= 15 is 0 Å². The van der Waals surface area contributed by atoms with Crippen molar-refractivity contribution in [3.63, 3.8) is 0 Å². The fraction of sp³-hybridized carbons (Fsp3) is 0.400. The van der Waals surface area contributed by atoms with Crippen molar-refractivity contribution in [3.8, 4) is 11.5 Å². The minimum atomic E-state index is -0.255. The molecule has 1 unspecified atom stereocenters. The number of carbonyl (C=O) groups is 1. The van der Waals surface area contributed by atoms with Gasteiger partial charge >= 0.3 is 0 Å². The van der Waals surface area contributed by atoms with Gasteiger partial charge in [-0.3, -0.25) is 4.79 Å². The average molecular weight is 407 g/mol. The first-order valence-electron chi connectivity index (χ1n) is 10.7. The first-order valence-corrected chi connectivity index (χ1v) is 10.7. The number of rotatable bonds is 5. The molecule has 2 aromatic carbocycles. The average Bonchev–Trinajstić information content (AvgIpc) is 2.85. The van der Waals surface area contributed by atoms with Gasteiger partial charge in [0.15, 0.2) is 17.3 Å². The molecular weight excluding hydrogens is 376 g/mol. The van der Waals surface area contributed by atoms with E-state index in [0.29, 0.717) is 25.4 Å². The molecule has 0 saturated heterocycles. The first kappa shape index (κ1) is 20.3. The summed E-state index contributed by atoms with van der Waals surface area (Å²) in [5.41, 5.74) is 4.72. The Bertz CT molecular complexity index is 994. The van der Waals surface area contributed by atoms with E-state index in [1.807, 2.05) is 56.3 Å². The third-order valence-corrected chi connectivity index (χ3v) is 5.62. The molecular formula is C25H30N2O3. The summed E-state index contributed by atoms with van der Waals surface area (Å²) < 4.78 is 11.6. The van der Waals surface area contributed by atoms with Crippen LogP contribution in [0.2, 0.25) is 0 Å². The molecule has 1 heterocycles. The van der Waals surface area contributed by atoms with Crippen molar-refractivity contribution in [1.29, 1.82) is 0 Å². The lowest BCUT2D eigenvalue weighted by atomic mass is 9.73. The fourth-order valence-corrected chi connectivity index (χ4v) is 4.39. The van der Waals surface area contributed by atoms with Crippen LogP contribution < -0.4 is 20.1 Å². The molecule has 0 bridgehead atoms. The van der Waals surface area contributed by atoms with Crippen molar-refractivity contribution >= 4 is 17.2 Å². The number of ketones is 1. The van der Waals surface area contributed by atoms with Gasteiger partial charge in [-0.1, -0.05) is 32.0 Å². The zero-order chi connectivity index (χ0) is 21.3. The molecule has 0 spiro atoms. The van der Waals surface area contributed by atoms with E-state index in [1.54, 1.807) is 0 Å². The largest absolute Gasteiger partial charge is 0.490 e. The molecule has 2 aliphatic rings. The number of fused-ring (bicyclic) bond motifs is 1. The normalized spacial score (nSPS) is 19.7. The molecule has 0 fully saturated rings. The van der Waals surface area contributed by atoms with Gasteiger partial charge < -0.3 is 20.1 Å². The molecule has 2 aromatic rings. The Morgan fingerprint density at radius 2 is 1.67 bits per heavy atom. The van der Waals surface area contributed by atoms with E-state index in [2.05, 4.69) is 24.5 Å². The van der Waals surface area contributed by atoms with Gasteiger partial charge in [0.25, 0.3) is 0 Å². The van der Waals surface area contributed by atoms with Gasteiger partial charge in [0.1, 0.15) is 0 Å². The lowest BCUT2D eigenvalue weighted by molar-refractivity contribution is -0.118. The smallest absolute Gasteiger partial charge is 0.163 e. The van der Waals surface area contributed by atoms with Crippen molar-refractivity contribution in [2.45, 2.75) is 46.6 Å². The van der Waals surface area contributed by atoms with Crippen LogP contribution in [0.25, 0.3) is 0 Å². The number of benzene rings is 2. The SMILES string of the molecule is CCOc1ccc(C2Nc3ccccc3NC3=C2C(=O)CC(C)(C)C3)cc1OCC. The van der Waals surface area contributed by atoms with Gasteiger partial charge in [-0.2, -0.15) is 0 Å². The number of hydrogen-bond acceptors (Lipinski definition) is 5. The molecule has 4 rings (SSSR count). The zero-order valence-corrected chi connectivity index (χ0v) is 18.2. The molecule has 0 saturated carbocycles. The van der Waals surface area contributed by atoms with E-state index in [9.17, 15) is 4.79 Å². The number of carbonyl (C=O) groups excluding carboxylic acids is 1. The molecule has 0 radical (unpaired) electrons. The minimum Gasteiger partial charge on any atom is -0.490 e. The maximum absolute atomic E-state index is 13.3. The number of allylic oxidation sites excluding steroid dienone is 1. The van der Waals surface area contributed by atoms with Crippen LogP contribution in [0.5, 0.6) is 11.5 Å². The van der Waals surface area contributed by atoms with E-state index in [0.717, 1.165) is 40.4 Å². The number of hydrogen-bond donors (Lipinski definition) is 2.